The van der Waals surface area contributed by atoms with Gasteiger partial charge in [0.2, 0.25) is 0 Å². The third kappa shape index (κ3) is 5.56. The molecular formula is C19H27NOS. The lowest BCUT2D eigenvalue weighted by molar-refractivity contribution is 0.106. The van der Waals surface area contributed by atoms with Crippen LogP contribution >= 0.6 is 11.3 Å². The largest absolute Gasteiger partial charge is 0.387 e. The third-order valence-electron chi connectivity index (χ3n) is 3.81. The molecule has 3 heteroatoms. The average molecular weight is 317 g/mol. The summed E-state index contributed by atoms with van der Waals surface area (Å²) in [5.41, 5.74) is 0.999. The zero-order valence-corrected chi connectivity index (χ0v) is 14.6. The number of thiophene rings is 1. The molecule has 0 saturated heterocycles. The van der Waals surface area contributed by atoms with Crippen LogP contribution in [0.25, 0.3) is 0 Å². The van der Waals surface area contributed by atoms with Crippen LogP contribution in [-0.2, 0) is 6.54 Å². The van der Waals surface area contributed by atoms with Crippen LogP contribution in [0, 0.1) is 12.8 Å². The van der Waals surface area contributed by atoms with Crippen molar-refractivity contribution in [2.45, 2.75) is 39.8 Å². The Hall–Kier alpha value is -1.16. The van der Waals surface area contributed by atoms with E-state index in [4.69, 9.17) is 0 Å². The summed E-state index contributed by atoms with van der Waals surface area (Å²) < 4.78 is 0. The zero-order valence-electron chi connectivity index (χ0n) is 13.8. The Bertz CT molecular complexity index is 550. The van der Waals surface area contributed by atoms with Gasteiger partial charge in [-0.15, -0.1) is 11.3 Å². The maximum absolute atomic E-state index is 10.5. The Morgan fingerprint density at radius 1 is 1.09 bits per heavy atom. The monoisotopic (exact) mass is 317 g/mol. The zero-order chi connectivity index (χ0) is 15.9. The molecule has 0 amide bonds. The summed E-state index contributed by atoms with van der Waals surface area (Å²) in [6, 6.07) is 14.3. The second kappa shape index (κ2) is 8.47. The van der Waals surface area contributed by atoms with Crippen LogP contribution in [0.15, 0.2) is 42.5 Å². The number of aliphatic hydroxyl groups is 1. The number of aliphatic hydroxyl groups excluding tert-OH is 1. The predicted octanol–water partition coefficient (Wildman–Crippen LogP) is 4.64. The van der Waals surface area contributed by atoms with Crippen molar-refractivity contribution >= 4 is 11.3 Å². The number of nitrogens with zero attached hydrogens (tertiary/aromatic N) is 1. The van der Waals surface area contributed by atoms with E-state index in [9.17, 15) is 5.11 Å². The Kier molecular flexibility index (Phi) is 6.62. The van der Waals surface area contributed by atoms with E-state index in [0.717, 1.165) is 25.1 Å². The highest BCUT2D eigenvalue weighted by molar-refractivity contribution is 7.11. The van der Waals surface area contributed by atoms with Gasteiger partial charge in [-0.2, -0.15) is 0 Å². The van der Waals surface area contributed by atoms with Crippen LogP contribution in [-0.4, -0.2) is 23.1 Å². The lowest BCUT2D eigenvalue weighted by atomic mass is 10.1. The van der Waals surface area contributed by atoms with Gasteiger partial charge in [-0.3, -0.25) is 4.90 Å². The fraction of sp³-hybridized carbons (Fsp3) is 0.474. The summed E-state index contributed by atoms with van der Waals surface area (Å²) in [6.45, 7) is 9.29. The van der Waals surface area contributed by atoms with Gasteiger partial charge in [0.1, 0.15) is 0 Å². The molecule has 0 aliphatic carbocycles. The van der Waals surface area contributed by atoms with Gasteiger partial charge >= 0.3 is 0 Å². The lowest BCUT2D eigenvalue weighted by Gasteiger charge is -2.25. The van der Waals surface area contributed by atoms with Crippen LogP contribution in [0.1, 0.15) is 41.7 Å². The molecule has 1 atom stereocenters. The first-order chi connectivity index (χ1) is 10.5. The molecule has 22 heavy (non-hydrogen) atoms. The number of benzene rings is 1. The Morgan fingerprint density at radius 3 is 2.41 bits per heavy atom. The van der Waals surface area contributed by atoms with E-state index in [-0.39, 0.29) is 0 Å². The molecule has 0 spiro atoms. The van der Waals surface area contributed by atoms with E-state index in [1.54, 1.807) is 0 Å². The van der Waals surface area contributed by atoms with Gasteiger partial charge in [-0.1, -0.05) is 44.2 Å². The van der Waals surface area contributed by atoms with Gasteiger partial charge < -0.3 is 5.11 Å². The molecule has 0 fully saturated rings. The quantitative estimate of drug-likeness (QED) is 0.767. The fourth-order valence-corrected chi connectivity index (χ4v) is 3.42. The summed E-state index contributed by atoms with van der Waals surface area (Å²) in [7, 11) is 0. The van der Waals surface area contributed by atoms with Crippen molar-refractivity contribution in [3.8, 4) is 0 Å². The first-order valence-corrected chi connectivity index (χ1v) is 8.87. The molecule has 2 nitrogen and oxygen atoms in total. The van der Waals surface area contributed by atoms with E-state index in [1.165, 1.54) is 9.75 Å². The van der Waals surface area contributed by atoms with Crippen LogP contribution in [0.2, 0.25) is 0 Å². The smallest absolute Gasteiger partial charge is 0.0917 e. The first-order valence-electron chi connectivity index (χ1n) is 8.05. The van der Waals surface area contributed by atoms with Gasteiger partial charge in [0.25, 0.3) is 0 Å². The van der Waals surface area contributed by atoms with E-state index in [1.807, 2.05) is 41.7 Å². The fourth-order valence-electron chi connectivity index (χ4n) is 2.49. The SMILES string of the molecule is Cc1ccc(CN(CCC(C)C)C[C@@H](O)c2ccccc2)s1. The summed E-state index contributed by atoms with van der Waals surface area (Å²) in [4.78, 5) is 5.10. The number of hydrogen-bond donors (Lipinski definition) is 1. The molecule has 1 aromatic heterocycles. The van der Waals surface area contributed by atoms with Crippen molar-refractivity contribution in [1.29, 1.82) is 0 Å². The summed E-state index contributed by atoms with van der Waals surface area (Å²) in [5, 5.41) is 10.5. The number of hydrogen-bond acceptors (Lipinski definition) is 3. The highest BCUT2D eigenvalue weighted by atomic mass is 32.1. The summed E-state index contributed by atoms with van der Waals surface area (Å²) in [6.07, 6.45) is 0.737. The average Bonchev–Trinajstić information content (AvgIpc) is 2.90. The molecule has 0 bridgehead atoms. The number of aryl methyl sites for hydroxylation is 1. The van der Waals surface area contributed by atoms with Crippen LogP contribution in [0.3, 0.4) is 0 Å². The second-order valence-electron chi connectivity index (χ2n) is 6.36. The van der Waals surface area contributed by atoms with Crippen molar-refractivity contribution in [2.24, 2.45) is 5.92 Å². The van der Waals surface area contributed by atoms with E-state index >= 15 is 0 Å². The maximum Gasteiger partial charge on any atom is 0.0917 e. The first kappa shape index (κ1) is 17.2. The molecule has 2 rings (SSSR count). The summed E-state index contributed by atoms with van der Waals surface area (Å²) >= 11 is 1.85. The van der Waals surface area contributed by atoms with Crippen LogP contribution in [0.5, 0.6) is 0 Å². The van der Waals surface area contributed by atoms with Gasteiger partial charge in [-0.25, -0.2) is 0 Å². The predicted molar refractivity (Wildman–Crippen MR) is 95.2 cm³/mol. The molecule has 1 N–H and O–H groups in total. The third-order valence-corrected chi connectivity index (χ3v) is 4.80. The van der Waals surface area contributed by atoms with E-state index < -0.39 is 6.10 Å². The Balaban J connectivity index is 2.00. The van der Waals surface area contributed by atoms with Gasteiger partial charge in [0, 0.05) is 22.8 Å². The Morgan fingerprint density at radius 2 is 1.82 bits per heavy atom. The van der Waals surface area contributed by atoms with Crippen molar-refractivity contribution in [3.05, 3.63) is 57.8 Å². The van der Waals surface area contributed by atoms with Gasteiger partial charge in [0.05, 0.1) is 6.10 Å². The minimum atomic E-state index is -0.422. The van der Waals surface area contributed by atoms with Crippen LogP contribution < -0.4 is 0 Å². The highest BCUT2D eigenvalue weighted by Crippen LogP contribution is 2.20. The molecule has 0 saturated carbocycles. The molecule has 1 heterocycles. The standard InChI is InChI=1S/C19H27NOS/c1-15(2)11-12-20(13-18-10-9-16(3)22-18)14-19(21)17-7-5-4-6-8-17/h4-10,15,19,21H,11-14H2,1-3H3/t19-/m1/s1. The normalized spacial score (nSPS) is 13.0. The Labute approximate surface area is 138 Å². The summed E-state index contributed by atoms with van der Waals surface area (Å²) in [5.74, 6) is 0.682. The van der Waals surface area contributed by atoms with Crippen molar-refractivity contribution in [3.63, 3.8) is 0 Å². The minimum Gasteiger partial charge on any atom is -0.387 e. The molecule has 0 radical (unpaired) electrons. The molecule has 120 valence electrons. The van der Waals surface area contributed by atoms with Crippen molar-refractivity contribution in [1.82, 2.24) is 4.90 Å². The molecule has 0 unspecified atom stereocenters. The van der Waals surface area contributed by atoms with E-state index in [0.29, 0.717) is 12.5 Å². The van der Waals surface area contributed by atoms with E-state index in [2.05, 4.69) is 37.8 Å². The molecule has 0 aliphatic heterocycles. The molecule has 0 aliphatic rings. The van der Waals surface area contributed by atoms with Gasteiger partial charge in [-0.05, 0) is 43.5 Å². The molecular weight excluding hydrogens is 290 g/mol. The van der Waals surface area contributed by atoms with Crippen LogP contribution in [0.4, 0.5) is 0 Å². The second-order valence-corrected chi connectivity index (χ2v) is 7.73. The minimum absolute atomic E-state index is 0.422. The molecule has 2 aromatic rings. The van der Waals surface area contributed by atoms with Gasteiger partial charge in [0.15, 0.2) is 0 Å². The molecule has 1 aromatic carbocycles. The number of rotatable bonds is 8. The van der Waals surface area contributed by atoms with Crippen molar-refractivity contribution in [2.75, 3.05) is 13.1 Å². The lowest BCUT2D eigenvalue weighted by Crippen LogP contribution is -2.29. The topological polar surface area (TPSA) is 23.5 Å². The maximum atomic E-state index is 10.5. The van der Waals surface area contributed by atoms with Crippen molar-refractivity contribution < 1.29 is 5.11 Å². The highest BCUT2D eigenvalue weighted by Gasteiger charge is 2.15.